The molecule has 10 nitrogen and oxygen atoms in total. The van der Waals surface area contributed by atoms with Crippen molar-refractivity contribution in [2.24, 2.45) is 29.1 Å². The molecule has 5 aliphatic rings. The summed E-state index contributed by atoms with van der Waals surface area (Å²) in [5.74, 6) is 0.741. The summed E-state index contributed by atoms with van der Waals surface area (Å²) in [6.07, 6.45) is 0.651. The lowest BCUT2D eigenvalue weighted by Crippen LogP contribution is -2.62. The van der Waals surface area contributed by atoms with Crippen molar-refractivity contribution in [2.75, 3.05) is 52.9 Å². The van der Waals surface area contributed by atoms with Crippen LogP contribution < -0.4 is 10.6 Å². The molecule has 3 aliphatic carbocycles. The Morgan fingerprint density at radius 2 is 1.75 bits per heavy atom. The van der Waals surface area contributed by atoms with E-state index in [-0.39, 0.29) is 24.5 Å². The number of carbonyl (C=O) groups excluding carboxylic acids is 2. The van der Waals surface area contributed by atoms with Gasteiger partial charge in [-0.15, -0.1) is 0 Å². The number of nitrogens with one attached hydrogen (secondary N) is 2. The van der Waals surface area contributed by atoms with Crippen LogP contribution in [0.1, 0.15) is 56.5 Å². The number of nitrogens with zero attached hydrogens (tertiary/aromatic N) is 3. The fourth-order valence-corrected chi connectivity index (χ4v) is 8.85. The molecule has 7 rings (SSSR count). The second-order valence-electron chi connectivity index (χ2n) is 15.4. The van der Waals surface area contributed by atoms with Gasteiger partial charge >= 0.3 is 0 Å². The molecule has 0 spiro atoms. The molecule has 2 aliphatic heterocycles. The molecular weight excluding hydrogens is 606 g/mol. The molecule has 2 saturated heterocycles. The second kappa shape index (κ2) is 14.5. The Balaban J connectivity index is 1.13. The van der Waals surface area contributed by atoms with Gasteiger partial charge in [0.25, 0.3) is 5.91 Å². The van der Waals surface area contributed by atoms with E-state index in [0.717, 1.165) is 55.8 Å². The molecule has 48 heavy (non-hydrogen) atoms. The van der Waals surface area contributed by atoms with Gasteiger partial charge in [-0.3, -0.25) is 19.3 Å². The quantitative estimate of drug-likeness (QED) is 0.291. The Morgan fingerprint density at radius 3 is 2.42 bits per heavy atom. The van der Waals surface area contributed by atoms with Gasteiger partial charge in [0.2, 0.25) is 5.91 Å². The fourth-order valence-electron chi connectivity index (χ4n) is 8.85. The summed E-state index contributed by atoms with van der Waals surface area (Å²) in [6, 6.07) is 15.0. The largest absolute Gasteiger partial charge is 0.394 e. The van der Waals surface area contributed by atoms with Crippen molar-refractivity contribution in [3.05, 3.63) is 59.7 Å². The molecule has 4 N–H and O–H groups in total. The van der Waals surface area contributed by atoms with Crippen LogP contribution in [0.4, 0.5) is 0 Å². The van der Waals surface area contributed by atoms with Crippen molar-refractivity contribution in [3.63, 3.8) is 0 Å². The molecule has 5 fully saturated rings. The summed E-state index contributed by atoms with van der Waals surface area (Å²) in [5, 5.41) is 29.1. The molecule has 2 aromatic rings. The van der Waals surface area contributed by atoms with Crippen LogP contribution in [-0.4, -0.2) is 114 Å². The highest BCUT2D eigenvalue weighted by molar-refractivity contribution is 5.95. The highest BCUT2D eigenvalue weighted by Gasteiger charge is 2.57. The molecule has 10 heteroatoms. The molecule has 2 bridgehead atoms. The molecule has 2 aromatic carbocycles. The zero-order valence-electron chi connectivity index (χ0n) is 29.3. The summed E-state index contributed by atoms with van der Waals surface area (Å²) >= 11 is 0. The number of benzene rings is 2. The Bertz CT molecular complexity index is 1440. The molecule has 0 radical (unpaired) electrons. The number of fused-ring (bicyclic) bond motifs is 2. The first-order valence-electron chi connectivity index (χ1n) is 17.9. The van der Waals surface area contributed by atoms with E-state index in [2.05, 4.69) is 48.3 Å². The lowest BCUT2D eigenvalue weighted by molar-refractivity contribution is -0.183. The number of hydrogen-bond donors (Lipinski definition) is 4. The highest BCUT2D eigenvalue weighted by atomic mass is 16.7. The van der Waals surface area contributed by atoms with Crippen LogP contribution in [0, 0.1) is 29.1 Å². The van der Waals surface area contributed by atoms with Gasteiger partial charge in [0, 0.05) is 56.8 Å². The van der Waals surface area contributed by atoms with Gasteiger partial charge in [-0.1, -0.05) is 51.1 Å². The third-order valence-electron chi connectivity index (χ3n) is 12.1. The maximum absolute atomic E-state index is 14.0. The molecule has 0 aromatic heterocycles. The number of aliphatic hydroxyl groups excluding tert-OH is 2. The van der Waals surface area contributed by atoms with Crippen LogP contribution in [0.2, 0.25) is 0 Å². The van der Waals surface area contributed by atoms with Gasteiger partial charge in [-0.05, 0) is 84.9 Å². The number of rotatable bonds is 11. The molecule has 2 amide bonds. The number of piperazine rings is 1. The van der Waals surface area contributed by atoms with Gasteiger partial charge in [0.05, 0.1) is 19.3 Å². The van der Waals surface area contributed by atoms with Gasteiger partial charge in [-0.25, -0.2) is 0 Å². The molecule has 0 unspecified atom stereocenters. The fraction of sp³-hybridized carbons (Fsp3) is 0.632. The minimum atomic E-state index is -0.846. The highest BCUT2D eigenvalue weighted by Crippen LogP contribution is 2.61. The molecule has 3 saturated carbocycles. The number of amides is 2. The number of hydrogen-bond acceptors (Lipinski definition) is 8. The molecule has 262 valence electrons. The first-order valence-corrected chi connectivity index (χ1v) is 17.9. The summed E-state index contributed by atoms with van der Waals surface area (Å²) in [4.78, 5) is 37.9. The van der Waals surface area contributed by atoms with Gasteiger partial charge in [-0.2, -0.15) is 5.06 Å². The van der Waals surface area contributed by atoms with Crippen molar-refractivity contribution in [1.29, 1.82) is 0 Å². The summed E-state index contributed by atoms with van der Waals surface area (Å²) in [7, 11) is 2.14. The Labute approximate surface area is 285 Å². The first-order chi connectivity index (χ1) is 23.0. The summed E-state index contributed by atoms with van der Waals surface area (Å²) in [6.45, 7) is 14.2. The van der Waals surface area contributed by atoms with Gasteiger partial charge in [0.1, 0.15) is 12.1 Å². The van der Waals surface area contributed by atoms with Gasteiger partial charge in [0.15, 0.2) is 0 Å². The Hall–Kier alpha value is -2.86. The van der Waals surface area contributed by atoms with Crippen molar-refractivity contribution in [1.82, 2.24) is 25.5 Å². The minimum Gasteiger partial charge on any atom is -0.394 e. The normalized spacial score (nSPS) is 31.2. The van der Waals surface area contributed by atoms with E-state index in [4.69, 9.17) is 4.84 Å². The molecular formula is C38H55N5O5. The number of hydroxylamine groups is 2. The monoisotopic (exact) mass is 661 g/mol. The van der Waals surface area contributed by atoms with E-state index in [1.807, 2.05) is 48.5 Å². The second-order valence-corrected chi connectivity index (χ2v) is 15.4. The third-order valence-corrected chi connectivity index (χ3v) is 12.1. The van der Waals surface area contributed by atoms with Crippen LogP contribution in [0.3, 0.4) is 0 Å². The van der Waals surface area contributed by atoms with E-state index in [1.54, 1.807) is 12.0 Å². The maximum atomic E-state index is 14.0. The predicted octanol–water partition coefficient (Wildman–Crippen LogP) is 2.99. The lowest BCUT2D eigenvalue weighted by Gasteiger charge is -2.62. The number of aliphatic hydroxyl groups is 2. The average molecular weight is 662 g/mol. The maximum Gasteiger partial charge on any atom is 0.251 e. The van der Waals surface area contributed by atoms with E-state index in [0.29, 0.717) is 41.8 Å². The predicted molar refractivity (Wildman–Crippen MR) is 186 cm³/mol. The number of carbonyl (C=O) groups is 2. The molecule has 2 heterocycles. The van der Waals surface area contributed by atoms with E-state index >= 15 is 0 Å². The van der Waals surface area contributed by atoms with Crippen LogP contribution in [0.5, 0.6) is 0 Å². The van der Waals surface area contributed by atoms with Crippen molar-refractivity contribution in [3.8, 4) is 11.1 Å². The van der Waals surface area contributed by atoms with Crippen molar-refractivity contribution < 1.29 is 24.6 Å². The lowest BCUT2D eigenvalue weighted by atomic mass is 9.45. The SMILES string of the molecule is C[C@@H]1[C@@H](NC(=O)[C@@H]2[C@H]([C@H](C)O)[C@H](CO)ON2Cc2cccc(-c3cccc(C(=O)NCCN4CCN(C)CC4)c3)c2)C[C@@H]2C[C@H]1C2(C)C. The van der Waals surface area contributed by atoms with E-state index in [9.17, 15) is 19.8 Å². The van der Waals surface area contributed by atoms with Crippen LogP contribution in [-0.2, 0) is 16.2 Å². The van der Waals surface area contributed by atoms with Crippen LogP contribution in [0.15, 0.2) is 48.5 Å². The van der Waals surface area contributed by atoms with Crippen molar-refractivity contribution in [2.45, 2.75) is 71.4 Å². The Morgan fingerprint density at radius 1 is 1.04 bits per heavy atom. The summed E-state index contributed by atoms with van der Waals surface area (Å²) < 4.78 is 0. The van der Waals surface area contributed by atoms with Crippen LogP contribution in [0.25, 0.3) is 11.1 Å². The zero-order valence-corrected chi connectivity index (χ0v) is 29.3. The topological polar surface area (TPSA) is 118 Å². The first kappa shape index (κ1) is 35.0. The van der Waals surface area contributed by atoms with Crippen molar-refractivity contribution >= 4 is 11.8 Å². The minimum absolute atomic E-state index is 0.0820. The summed E-state index contributed by atoms with van der Waals surface area (Å²) in [5.41, 5.74) is 3.71. The van der Waals surface area contributed by atoms with E-state index < -0.39 is 24.2 Å². The third kappa shape index (κ3) is 7.20. The van der Waals surface area contributed by atoms with Gasteiger partial charge < -0.3 is 25.7 Å². The van der Waals surface area contributed by atoms with Crippen LogP contribution >= 0.6 is 0 Å². The molecule has 8 atom stereocenters. The number of likely N-dealkylation sites (N-methyl/N-ethyl adjacent to an activating group) is 1. The average Bonchev–Trinajstić information content (AvgIpc) is 3.45. The smallest absolute Gasteiger partial charge is 0.251 e. The standard InChI is InChI=1S/C38H55N5O5/c1-24-31-20-30(38(31,3)4)21-32(24)40-37(47)35-34(25(2)45)33(23-44)48-43(35)22-26-8-6-9-27(18-26)28-10-7-11-29(19-28)36(46)39-12-13-42-16-14-41(5)15-17-42/h6-11,18-19,24-25,30-35,44-45H,12-17,20-23H2,1-5H3,(H,39,46)(H,40,47)/t24-,25-,30-,31+,32-,33-,34+,35-/m0/s1. The zero-order chi connectivity index (χ0) is 34.2. The van der Waals surface area contributed by atoms with E-state index in [1.165, 1.54) is 6.42 Å². The Kier molecular flexibility index (Phi) is 10.6.